The second-order valence-corrected chi connectivity index (χ2v) is 19.4. The van der Waals surface area contributed by atoms with Crippen molar-refractivity contribution in [1.29, 1.82) is 0 Å². The lowest BCUT2D eigenvalue weighted by molar-refractivity contribution is 0.414. The lowest BCUT2D eigenvalue weighted by atomic mass is 9.70. The number of benzene rings is 11. The molecule has 0 bridgehead atoms. The highest BCUT2D eigenvalue weighted by Crippen LogP contribution is 2.58. The van der Waals surface area contributed by atoms with Crippen molar-refractivity contribution in [3.8, 4) is 33.4 Å². The van der Waals surface area contributed by atoms with Gasteiger partial charge in [-0.3, -0.25) is 0 Å². The predicted molar refractivity (Wildman–Crippen MR) is 294 cm³/mol. The predicted octanol–water partition coefficient (Wildman–Crippen LogP) is 19.5. The molecular weight excluding hydrogens is 819 g/mol. The molecule has 0 saturated heterocycles. The minimum Gasteiger partial charge on any atom is -0.309 e. The van der Waals surface area contributed by atoms with Crippen LogP contribution >= 0.6 is 0 Å². The Morgan fingerprint density at radius 3 is 1.43 bits per heavy atom. The summed E-state index contributed by atoms with van der Waals surface area (Å²) in [5.74, 6) is 0. The Balaban J connectivity index is 1.04. The number of nitrogens with zero attached hydrogens (tertiary/aromatic N) is 1. The van der Waals surface area contributed by atoms with E-state index >= 15 is 0 Å². The van der Waals surface area contributed by atoms with Crippen LogP contribution < -0.4 is 4.90 Å². The lowest BCUT2D eigenvalue weighted by Crippen LogP contribution is -2.25. The van der Waals surface area contributed by atoms with Crippen LogP contribution in [0.5, 0.6) is 0 Å². The first-order chi connectivity index (χ1) is 33.5. The summed E-state index contributed by atoms with van der Waals surface area (Å²) in [5.41, 5.74) is 17.2. The average molecular weight is 876 g/mol. The zero-order valence-electron chi connectivity index (χ0n) is 39.7. The molecule has 11 aromatic carbocycles. The van der Waals surface area contributed by atoms with Gasteiger partial charge >= 0.3 is 0 Å². The Hall–Kier alpha value is -7.48. The summed E-state index contributed by atoms with van der Waals surface area (Å²) in [6.07, 6.45) is 7.22. The maximum absolute atomic E-state index is 2.48. The summed E-state index contributed by atoms with van der Waals surface area (Å²) < 4.78 is 0. The van der Waals surface area contributed by atoms with Gasteiger partial charge in [-0.05, 0) is 156 Å². The monoisotopic (exact) mass is 875 g/mol. The van der Waals surface area contributed by atoms with Gasteiger partial charge < -0.3 is 4.90 Å². The van der Waals surface area contributed by atoms with Gasteiger partial charge in [0.1, 0.15) is 0 Å². The molecule has 0 unspecified atom stereocenters. The van der Waals surface area contributed by atoms with Gasteiger partial charge in [0.05, 0.1) is 11.4 Å². The average Bonchev–Trinajstić information content (AvgIpc) is 3.67. The van der Waals surface area contributed by atoms with Crippen LogP contribution in [-0.4, -0.2) is 0 Å². The molecule has 0 heterocycles. The molecule has 0 N–H and O–H groups in total. The van der Waals surface area contributed by atoms with Crippen molar-refractivity contribution in [3.63, 3.8) is 0 Å². The van der Waals surface area contributed by atoms with E-state index in [9.17, 15) is 0 Å². The Morgan fingerprint density at radius 2 is 0.838 bits per heavy atom. The van der Waals surface area contributed by atoms with Crippen LogP contribution in [0, 0.1) is 13.8 Å². The summed E-state index contributed by atoms with van der Waals surface area (Å²) in [5, 5.41) is 12.6. The van der Waals surface area contributed by atoms with Gasteiger partial charge in [-0.2, -0.15) is 0 Å². The minimum atomic E-state index is 0.0311. The van der Waals surface area contributed by atoms with Gasteiger partial charge in [-0.25, -0.2) is 0 Å². The standard InChI is InChI=1S/C67H57N/c1-5-7-40-67(41-8-6-2)60-30-18-17-28-58(60)66-59(29-19-31-61(66)67)65-56-26-15-13-24-54(56)64(55-25-14-16-27-57(55)65)48-35-34-47-43-49(37-36-46(47)42-48)68(62-38-32-44(3)50-20-9-11-22-52(50)62)63-39-33-45(4)51-21-10-12-23-53(51)63/h9-39,42-43H,5-8,40-41H2,1-4H3. The number of unbranched alkanes of at least 4 members (excludes halogenated alkanes) is 2. The molecule has 0 spiro atoms. The molecule has 0 atom stereocenters. The number of rotatable bonds is 11. The van der Waals surface area contributed by atoms with E-state index in [2.05, 4.69) is 233 Å². The molecule has 0 amide bonds. The van der Waals surface area contributed by atoms with Gasteiger partial charge in [-0.15, -0.1) is 0 Å². The van der Waals surface area contributed by atoms with E-state index in [1.54, 1.807) is 0 Å². The van der Waals surface area contributed by atoms with Crippen molar-refractivity contribution in [2.45, 2.75) is 71.6 Å². The maximum atomic E-state index is 2.48. The number of anilines is 3. The molecule has 0 fully saturated rings. The molecule has 0 aliphatic heterocycles. The molecule has 1 nitrogen and oxygen atoms in total. The third-order valence-electron chi connectivity index (χ3n) is 15.5. The number of fused-ring (bicyclic) bond motifs is 8. The molecule has 68 heavy (non-hydrogen) atoms. The molecule has 330 valence electrons. The first kappa shape index (κ1) is 41.9. The second-order valence-electron chi connectivity index (χ2n) is 19.4. The van der Waals surface area contributed by atoms with Gasteiger partial charge in [-0.1, -0.05) is 209 Å². The molecule has 1 aliphatic rings. The van der Waals surface area contributed by atoms with Crippen LogP contribution in [0.15, 0.2) is 200 Å². The van der Waals surface area contributed by atoms with Crippen molar-refractivity contribution < 1.29 is 0 Å². The van der Waals surface area contributed by atoms with Gasteiger partial charge in [0.15, 0.2) is 0 Å². The van der Waals surface area contributed by atoms with E-state index in [1.807, 2.05) is 0 Å². The van der Waals surface area contributed by atoms with E-state index in [0.29, 0.717) is 0 Å². The molecular formula is C67H57N. The van der Waals surface area contributed by atoms with Crippen molar-refractivity contribution in [2.24, 2.45) is 0 Å². The molecule has 0 saturated carbocycles. The second kappa shape index (κ2) is 17.0. The highest BCUT2D eigenvalue weighted by molar-refractivity contribution is 6.23. The summed E-state index contributed by atoms with van der Waals surface area (Å²) in [7, 11) is 0. The quantitative estimate of drug-likeness (QED) is 0.117. The highest BCUT2D eigenvalue weighted by atomic mass is 15.1. The van der Waals surface area contributed by atoms with E-state index in [-0.39, 0.29) is 5.41 Å². The maximum Gasteiger partial charge on any atom is 0.0540 e. The summed E-state index contributed by atoms with van der Waals surface area (Å²) >= 11 is 0. The first-order valence-corrected chi connectivity index (χ1v) is 25.0. The van der Waals surface area contributed by atoms with E-state index in [0.717, 1.165) is 5.69 Å². The van der Waals surface area contributed by atoms with Crippen LogP contribution in [0.25, 0.3) is 87.2 Å². The summed E-state index contributed by atoms with van der Waals surface area (Å²) in [6, 6.07) is 76.0. The normalized spacial score (nSPS) is 12.9. The molecule has 12 rings (SSSR count). The van der Waals surface area contributed by atoms with Crippen molar-refractivity contribution >= 4 is 70.9 Å². The van der Waals surface area contributed by atoms with Crippen molar-refractivity contribution in [3.05, 3.63) is 222 Å². The molecule has 1 heteroatoms. The Bertz CT molecular complexity index is 3610. The first-order valence-electron chi connectivity index (χ1n) is 25.0. The fraction of sp³-hybridized carbons (Fsp3) is 0.164. The zero-order chi connectivity index (χ0) is 45.9. The highest BCUT2D eigenvalue weighted by Gasteiger charge is 2.43. The summed E-state index contributed by atoms with van der Waals surface area (Å²) in [4.78, 5) is 2.48. The van der Waals surface area contributed by atoms with E-state index in [1.165, 1.54) is 159 Å². The van der Waals surface area contributed by atoms with Gasteiger partial charge in [0, 0.05) is 21.9 Å². The molecule has 1 aliphatic carbocycles. The van der Waals surface area contributed by atoms with Crippen molar-refractivity contribution in [2.75, 3.05) is 4.90 Å². The Labute approximate surface area is 401 Å². The number of hydrogen-bond acceptors (Lipinski definition) is 1. The van der Waals surface area contributed by atoms with Crippen LogP contribution in [-0.2, 0) is 5.41 Å². The molecule has 11 aromatic rings. The summed E-state index contributed by atoms with van der Waals surface area (Å²) in [6.45, 7) is 9.11. The van der Waals surface area contributed by atoms with Crippen LogP contribution in [0.3, 0.4) is 0 Å². The SMILES string of the molecule is CCCCC1(CCCC)c2ccccc2-c2c(-c3c4ccccc4c(-c4ccc5cc(N(c6ccc(C)c7ccccc67)c6ccc(C)c7ccccc67)ccc5c4)c4ccccc34)cccc21. The zero-order valence-corrected chi connectivity index (χ0v) is 39.7. The van der Waals surface area contributed by atoms with E-state index < -0.39 is 0 Å². The van der Waals surface area contributed by atoms with Crippen LogP contribution in [0.2, 0.25) is 0 Å². The lowest BCUT2D eigenvalue weighted by Gasteiger charge is -2.32. The van der Waals surface area contributed by atoms with Crippen molar-refractivity contribution in [1.82, 2.24) is 0 Å². The van der Waals surface area contributed by atoms with Gasteiger partial charge in [0.25, 0.3) is 0 Å². The smallest absolute Gasteiger partial charge is 0.0540 e. The van der Waals surface area contributed by atoms with Gasteiger partial charge in [0.2, 0.25) is 0 Å². The third kappa shape index (κ3) is 6.58. The third-order valence-corrected chi connectivity index (χ3v) is 15.5. The Kier molecular flexibility index (Phi) is 10.5. The van der Waals surface area contributed by atoms with Crippen LogP contribution in [0.1, 0.15) is 74.6 Å². The molecule has 0 radical (unpaired) electrons. The fourth-order valence-electron chi connectivity index (χ4n) is 12.3. The number of hydrogen-bond donors (Lipinski definition) is 0. The largest absolute Gasteiger partial charge is 0.309 e. The topological polar surface area (TPSA) is 3.24 Å². The fourth-order valence-corrected chi connectivity index (χ4v) is 12.3. The van der Waals surface area contributed by atoms with E-state index in [4.69, 9.17) is 0 Å². The number of aryl methyl sites for hydroxylation is 2. The molecule has 0 aromatic heterocycles. The Morgan fingerprint density at radius 1 is 0.368 bits per heavy atom. The van der Waals surface area contributed by atoms with Crippen LogP contribution in [0.4, 0.5) is 17.1 Å². The minimum absolute atomic E-state index is 0.0311.